The zero-order valence-electron chi connectivity index (χ0n) is 11.5. The first-order chi connectivity index (χ1) is 9.96. The van der Waals surface area contributed by atoms with Gasteiger partial charge in [-0.1, -0.05) is 12.1 Å². The maximum atomic E-state index is 13.7. The second-order valence-corrected chi connectivity index (χ2v) is 6.55. The van der Waals surface area contributed by atoms with Crippen LogP contribution in [0.25, 0.3) is 0 Å². The highest BCUT2D eigenvalue weighted by atomic mass is 32.2. The first-order valence-electron chi connectivity index (χ1n) is 6.30. The maximum Gasteiger partial charge on any atom is 0.182 e. The third-order valence-corrected chi connectivity index (χ3v) is 4.79. The summed E-state index contributed by atoms with van der Waals surface area (Å²) in [7, 11) is -2.12. The molecule has 0 aliphatic heterocycles. The monoisotopic (exact) mass is 309 g/mol. The average molecular weight is 309 g/mol. The van der Waals surface area contributed by atoms with Crippen molar-refractivity contribution >= 4 is 9.84 Å². The van der Waals surface area contributed by atoms with Gasteiger partial charge in [-0.05, 0) is 35.9 Å². The number of sulfone groups is 1. The largest absolute Gasteiger partial charge is 0.497 e. The number of hydrogen-bond donors (Lipinski definition) is 1. The van der Waals surface area contributed by atoms with E-state index in [1.54, 1.807) is 18.2 Å². The Labute approximate surface area is 123 Å². The van der Waals surface area contributed by atoms with Crippen LogP contribution in [0, 0.1) is 5.82 Å². The number of halogens is 1. The smallest absolute Gasteiger partial charge is 0.182 e. The molecule has 0 aromatic heterocycles. The second kappa shape index (κ2) is 6.24. The van der Waals surface area contributed by atoms with Gasteiger partial charge in [0.15, 0.2) is 9.84 Å². The van der Waals surface area contributed by atoms with Gasteiger partial charge in [0.1, 0.15) is 11.6 Å². The SMILES string of the molecule is COc1ccc(S(=O)(=O)Cc2cc(CN)ccc2F)cc1. The van der Waals surface area contributed by atoms with Gasteiger partial charge in [0.2, 0.25) is 0 Å². The number of benzene rings is 2. The van der Waals surface area contributed by atoms with Crippen LogP contribution in [0.4, 0.5) is 4.39 Å². The lowest BCUT2D eigenvalue weighted by Crippen LogP contribution is -2.08. The van der Waals surface area contributed by atoms with Crippen molar-refractivity contribution in [3.05, 3.63) is 59.4 Å². The molecule has 2 aromatic rings. The van der Waals surface area contributed by atoms with Gasteiger partial charge in [-0.25, -0.2) is 12.8 Å². The Morgan fingerprint density at radius 3 is 2.38 bits per heavy atom. The van der Waals surface area contributed by atoms with Crippen LogP contribution >= 0.6 is 0 Å². The molecule has 0 aliphatic carbocycles. The van der Waals surface area contributed by atoms with E-state index in [0.717, 1.165) is 0 Å². The first-order valence-corrected chi connectivity index (χ1v) is 7.95. The van der Waals surface area contributed by atoms with Gasteiger partial charge in [0.25, 0.3) is 0 Å². The molecule has 0 fully saturated rings. The minimum atomic E-state index is -3.62. The second-order valence-electron chi connectivity index (χ2n) is 4.56. The lowest BCUT2D eigenvalue weighted by atomic mass is 10.1. The molecule has 0 bridgehead atoms. The van der Waals surface area contributed by atoms with Gasteiger partial charge in [-0.15, -0.1) is 0 Å². The standard InChI is InChI=1S/C15H16FNO3S/c1-20-13-3-5-14(6-4-13)21(18,19)10-12-8-11(9-17)2-7-15(12)16/h2-8H,9-10,17H2,1H3. The molecule has 112 valence electrons. The van der Waals surface area contributed by atoms with E-state index in [9.17, 15) is 12.8 Å². The molecular weight excluding hydrogens is 293 g/mol. The van der Waals surface area contributed by atoms with E-state index in [1.807, 2.05) is 0 Å². The van der Waals surface area contributed by atoms with Crippen molar-refractivity contribution in [1.29, 1.82) is 0 Å². The molecule has 0 saturated carbocycles. The molecule has 0 atom stereocenters. The number of methoxy groups -OCH3 is 1. The molecule has 0 spiro atoms. The minimum absolute atomic E-state index is 0.119. The summed E-state index contributed by atoms with van der Waals surface area (Å²) in [6.07, 6.45) is 0. The minimum Gasteiger partial charge on any atom is -0.497 e. The molecular formula is C15H16FNO3S. The molecule has 0 amide bonds. The van der Waals surface area contributed by atoms with E-state index < -0.39 is 21.4 Å². The zero-order chi connectivity index (χ0) is 15.5. The molecule has 0 saturated heterocycles. The van der Waals surface area contributed by atoms with E-state index >= 15 is 0 Å². The first kappa shape index (κ1) is 15.5. The van der Waals surface area contributed by atoms with Crippen molar-refractivity contribution in [3.8, 4) is 5.75 Å². The van der Waals surface area contributed by atoms with E-state index in [4.69, 9.17) is 10.5 Å². The molecule has 0 radical (unpaired) electrons. The number of ether oxygens (including phenoxy) is 1. The van der Waals surface area contributed by atoms with Crippen molar-refractivity contribution in [2.24, 2.45) is 5.73 Å². The fraction of sp³-hybridized carbons (Fsp3) is 0.200. The van der Waals surface area contributed by atoms with Crippen LogP contribution in [0.15, 0.2) is 47.4 Å². The number of hydrogen-bond acceptors (Lipinski definition) is 4. The average Bonchev–Trinajstić information content (AvgIpc) is 2.49. The van der Waals surface area contributed by atoms with Crippen molar-refractivity contribution in [2.45, 2.75) is 17.2 Å². The van der Waals surface area contributed by atoms with Gasteiger partial charge in [0.05, 0.1) is 17.8 Å². The normalized spacial score (nSPS) is 11.4. The fourth-order valence-corrected chi connectivity index (χ4v) is 3.28. The summed E-state index contributed by atoms with van der Waals surface area (Å²) >= 11 is 0. The molecule has 6 heteroatoms. The Hall–Kier alpha value is -1.92. The summed E-state index contributed by atoms with van der Waals surface area (Å²) in [5.41, 5.74) is 6.30. The fourth-order valence-electron chi connectivity index (χ4n) is 1.94. The third kappa shape index (κ3) is 3.59. The molecule has 2 rings (SSSR count). The Morgan fingerprint density at radius 2 is 1.81 bits per heavy atom. The summed E-state index contributed by atoms with van der Waals surface area (Å²) in [4.78, 5) is 0.126. The van der Waals surface area contributed by atoms with Gasteiger partial charge in [-0.3, -0.25) is 0 Å². The van der Waals surface area contributed by atoms with Crippen molar-refractivity contribution in [1.82, 2.24) is 0 Å². The van der Waals surface area contributed by atoms with Gasteiger partial charge in [0, 0.05) is 12.1 Å². The van der Waals surface area contributed by atoms with Gasteiger partial charge in [-0.2, -0.15) is 0 Å². The van der Waals surface area contributed by atoms with Crippen LogP contribution in [0.1, 0.15) is 11.1 Å². The molecule has 2 aromatic carbocycles. The summed E-state index contributed by atoms with van der Waals surface area (Å²) in [6, 6.07) is 10.3. The quantitative estimate of drug-likeness (QED) is 0.920. The lowest BCUT2D eigenvalue weighted by Gasteiger charge is -2.08. The highest BCUT2D eigenvalue weighted by Gasteiger charge is 2.18. The van der Waals surface area contributed by atoms with Crippen LogP contribution < -0.4 is 10.5 Å². The van der Waals surface area contributed by atoms with Crippen molar-refractivity contribution < 1.29 is 17.5 Å². The zero-order valence-corrected chi connectivity index (χ0v) is 12.4. The highest BCUT2D eigenvalue weighted by Crippen LogP contribution is 2.21. The van der Waals surface area contributed by atoms with Crippen LogP contribution in [-0.4, -0.2) is 15.5 Å². The lowest BCUT2D eigenvalue weighted by molar-refractivity contribution is 0.414. The van der Waals surface area contributed by atoms with Gasteiger partial charge < -0.3 is 10.5 Å². The van der Waals surface area contributed by atoms with E-state index in [0.29, 0.717) is 11.3 Å². The molecule has 0 heterocycles. The summed E-state index contributed by atoms with van der Waals surface area (Å²) in [5.74, 6) is -0.395. The van der Waals surface area contributed by atoms with Crippen LogP contribution in [0.5, 0.6) is 5.75 Å². The van der Waals surface area contributed by atoms with Crippen LogP contribution in [0.3, 0.4) is 0 Å². The Bertz CT molecular complexity index is 727. The van der Waals surface area contributed by atoms with E-state index in [-0.39, 0.29) is 17.0 Å². The maximum absolute atomic E-state index is 13.7. The number of nitrogens with two attached hydrogens (primary N) is 1. The van der Waals surface area contributed by atoms with Crippen LogP contribution in [0.2, 0.25) is 0 Å². The van der Waals surface area contributed by atoms with E-state index in [2.05, 4.69) is 0 Å². The topological polar surface area (TPSA) is 69.4 Å². The molecule has 0 unspecified atom stereocenters. The Morgan fingerprint density at radius 1 is 1.14 bits per heavy atom. The van der Waals surface area contributed by atoms with Crippen molar-refractivity contribution in [3.63, 3.8) is 0 Å². The predicted octanol–water partition coefficient (Wildman–Crippen LogP) is 2.27. The summed E-state index contributed by atoms with van der Waals surface area (Å²) in [5, 5.41) is 0. The summed E-state index contributed by atoms with van der Waals surface area (Å²) in [6.45, 7) is 0.232. The summed E-state index contributed by atoms with van der Waals surface area (Å²) < 4.78 is 43.4. The Balaban J connectivity index is 2.32. The van der Waals surface area contributed by atoms with Gasteiger partial charge >= 0.3 is 0 Å². The number of rotatable bonds is 5. The highest BCUT2D eigenvalue weighted by molar-refractivity contribution is 7.90. The third-order valence-electron chi connectivity index (χ3n) is 3.11. The molecule has 4 nitrogen and oxygen atoms in total. The molecule has 0 aliphatic rings. The van der Waals surface area contributed by atoms with Crippen LogP contribution in [-0.2, 0) is 22.1 Å². The van der Waals surface area contributed by atoms with E-state index in [1.165, 1.54) is 31.4 Å². The predicted molar refractivity (Wildman–Crippen MR) is 78.2 cm³/mol. The Kier molecular flexibility index (Phi) is 4.59. The van der Waals surface area contributed by atoms with Crippen molar-refractivity contribution in [2.75, 3.05) is 7.11 Å². The molecule has 21 heavy (non-hydrogen) atoms. The molecule has 2 N–H and O–H groups in total.